The van der Waals surface area contributed by atoms with E-state index in [2.05, 4.69) is 46.3 Å². The number of carbonyl (C=O) groups excluding carboxylic acids is 2. The van der Waals surface area contributed by atoms with Gasteiger partial charge in [0.05, 0.1) is 57.1 Å². The molecule has 0 aliphatic carbocycles. The molecule has 0 fully saturated rings. The van der Waals surface area contributed by atoms with E-state index in [1.807, 2.05) is 146 Å². The minimum absolute atomic E-state index is 0.112. The molecule has 0 aliphatic heterocycles. The molecule has 448 valence electrons. The number of amides is 1. The fourth-order valence-corrected chi connectivity index (χ4v) is 8.82. The lowest BCUT2D eigenvalue weighted by molar-refractivity contribution is 0.0481. The van der Waals surface area contributed by atoms with Gasteiger partial charge in [-0.15, -0.1) is 20.4 Å². The van der Waals surface area contributed by atoms with Crippen molar-refractivity contribution in [3.05, 3.63) is 170 Å². The van der Waals surface area contributed by atoms with Crippen LogP contribution in [0.15, 0.2) is 167 Å². The third-order valence-corrected chi connectivity index (χ3v) is 12.8. The van der Waals surface area contributed by atoms with Crippen LogP contribution in [-0.4, -0.2) is 135 Å². The molecule has 24 heteroatoms. The molecule has 0 bridgehead atoms. The van der Waals surface area contributed by atoms with Gasteiger partial charge in [0, 0.05) is 101 Å². The maximum atomic E-state index is 12.6. The van der Waals surface area contributed by atoms with Gasteiger partial charge >= 0.3 is 23.7 Å². The number of nitrogens with two attached hydrogens (primary N) is 1. The summed E-state index contributed by atoms with van der Waals surface area (Å²) >= 11 is 0. The summed E-state index contributed by atoms with van der Waals surface area (Å²) in [5.74, 6) is 3.96. The molecule has 0 spiro atoms. The number of benzene rings is 6. The average Bonchev–Trinajstić information content (AvgIpc) is 4.49. The van der Waals surface area contributed by atoms with Crippen LogP contribution in [-0.2, 0) is 4.74 Å². The van der Waals surface area contributed by atoms with Crippen molar-refractivity contribution in [2.75, 3.05) is 78.5 Å². The number of aromatic nitrogens is 10. The number of methoxy groups -OCH3 is 4. The van der Waals surface area contributed by atoms with Crippen molar-refractivity contribution in [2.24, 2.45) is 5.73 Å². The highest BCUT2D eigenvalue weighted by molar-refractivity contribution is 5.98. The summed E-state index contributed by atoms with van der Waals surface area (Å²) in [5.41, 5.74) is 11.9. The Morgan fingerprint density at radius 1 is 0.523 bits per heavy atom. The zero-order chi connectivity index (χ0) is 61.8. The van der Waals surface area contributed by atoms with Crippen molar-refractivity contribution < 1.29 is 47.2 Å². The number of hydrogen-bond donors (Lipinski definition) is 5. The van der Waals surface area contributed by atoms with Gasteiger partial charge in [-0.2, -0.15) is 0 Å². The molecule has 24 nitrogen and oxygen atoms in total. The van der Waals surface area contributed by atoms with Crippen LogP contribution in [0.1, 0.15) is 35.2 Å². The maximum Gasteiger partial charge on any atom is 0.396 e. The fraction of sp³-hybridized carbons (Fsp3) is 0.188. The summed E-state index contributed by atoms with van der Waals surface area (Å²) in [6.07, 6.45) is 3.52. The Morgan fingerprint density at radius 3 is 1.43 bits per heavy atom. The number of aliphatic hydroxyl groups excluding tert-OH is 1. The molecule has 6 N–H and O–H groups in total. The van der Waals surface area contributed by atoms with Crippen LogP contribution in [0.4, 0.5) is 11.6 Å². The van der Waals surface area contributed by atoms with Gasteiger partial charge in [0.1, 0.15) is 11.6 Å². The van der Waals surface area contributed by atoms with Crippen LogP contribution < -0.4 is 40.6 Å². The highest BCUT2D eigenvalue weighted by Gasteiger charge is 2.21. The second kappa shape index (κ2) is 30.0. The third-order valence-electron chi connectivity index (χ3n) is 12.8. The van der Waals surface area contributed by atoms with E-state index in [0.717, 1.165) is 60.3 Å². The van der Waals surface area contributed by atoms with Gasteiger partial charge in [-0.25, -0.2) is 24.7 Å². The molecule has 6 aromatic carbocycles. The Kier molecular flexibility index (Phi) is 20.9. The minimum atomic E-state index is -0.600. The summed E-state index contributed by atoms with van der Waals surface area (Å²) in [5, 5.41) is 35.8. The van der Waals surface area contributed by atoms with Crippen molar-refractivity contribution in [3.63, 3.8) is 0 Å². The van der Waals surface area contributed by atoms with Crippen LogP contribution in [0.25, 0.3) is 89.3 Å². The molecule has 0 atom stereocenters. The standard InChI is InChI=1S/C30H25N7O4.C21H21N5O2.C11H10N2O3.C2H6O/c1-39-23-16-21-22(17-24(23)40-2)34-27(20-12-6-10-18-11-7-13-31-25(18)20)35-26(21)32-14-15-33-28(38)30-37-36-29(41-30)19-8-4-3-5-9-19;1-27-17-11-15-16(12-18(17)28-2)25-21(26-20(15)24-10-8-22)14-7-3-5-13-6-4-9-23-19(13)14;1-2-15-11(14)10-13-12-9(16-10)8-6-4-3-5-7-8;1-2-3/h3-13,16-17H,14-15H2,1-2H3,(H,33,38)(H,32,34,35);3-7,9,11-12H,8,10,22H2,1-2H3,(H,24,25,26);3-7H,2H2,1H3;3H,2H2,1H3. The van der Waals surface area contributed by atoms with E-state index in [0.29, 0.717) is 77.3 Å². The Labute approximate surface area is 504 Å². The number of ether oxygens (including phenoxy) is 5. The Balaban J connectivity index is 0.000000168. The SMILES string of the molecule is CCO.CCOC(=O)c1nnc(-c2ccccc2)o1.COc1cc2nc(-c3cccc4cccnc34)nc(NCCN)c2cc1OC.COc1cc2nc(-c3cccc4cccnc34)nc(NCCNC(=O)c3nnc(-c4ccccc4)o3)c2cc1OC. The first-order valence-corrected chi connectivity index (χ1v) is 27.7. The lowest BCUT2D eigenvalue weighted by Crippen LogP contribution is -2.29. The normalized spacial score (nSPS) is 10.6. The number of para-hydroxylation sites is 2. The van der Waals surface area contributed by atoms with Gasteiger partial charge < -0.3 is 59.3 Å². The number of nitrogens with zero attached hydrogens (tertiary/aromatic N) is 10. The molecule has 0 saturated carbocycles. The molecular formula is C64H62N14O10. The first kappa shape index (κ1) is 61.3. The number of aliphatic hydroxyl groups is 1. The number of esters is 1. The molecule has 12 rings (SSSR count). The topological polar surface area (TPSA) is 318 Å². The van der Waals surface area contributed by atoms with E-state index in [-0.39, 0.29) is 37.4 Å². The summed E-state index contributed by atoms with van der Waals surface area (Å²) in [6.45, 7) is 5.64. The number of hydrogen-bond acceptors (Lipinski definition) is 23. The molecule has 1 amide bonds. The number of fused-ring (bicyclic) bond motifs is 4. The monoisotopic (exact) mass is 1190 g/mol. The molecule has 6 heterocycles. The van der Waals surface area contributed by atoms with Gasteiger partial charge in [-0.05, 0) is 74.5 Å². The van der Waals surface area contributed by atoms with Crippen LogP contribution in [0.2, 0.25) is 0 Å². The highest BCUT2D eigenvalue weighted by atomic mass is 16.5. The first-order chi connectivity index (χ1) is 43.1. The zero-order valence-electron chi connectivity index (χ0n) is 48.9. The molecule has 12 aromatic rings. The fourth-order valence-electron chi connectivity index (χ4n) is 8.82. The second-order valence-electron chi connectivity index (χ2n) is 18.5. The van der Waals surface area contributed by atoms with E-state index in [1.54, 1.807) is 54.7 Å². The molecular weight excluding hydrogens is 1120 g/mol. The molecule has 6 aromatic heterocycles. The lowest BCUT2D eigenvalue weighted by Gasteiger charge is -2.14. The van der Waals surface area contributed by atoms with Crippen molar-refractivity contribution in [3.8, 4) is 68.7 Å². The van der Waals surface area contributed by atoms with Crippen LogP contribution >= 0.6 is 0 Å². The number of pyridine rings is 2. The smallest absolute Gasteiger partial charge is 0.396 e. The zero-order valence-corrected chi connectivity index (χ0v) is 48.9. The van der Waals surface area contributed by atoms with Gasteiger partial charge in [-0.1, -0.05) is 72.8 Å². The van der Waals surface area contributed by atoms with E-state index in [1.165, 1.54) is 0 Å². The van der Waals surface area contributed by atoms with E-state index >= 15 is 0 Å². The lowest BCUT2D eigenvalue weighted by atomic mass is 10.1. The predicted molar refractivity (Wildman–Crippen MR) is 333 cm³/mol. The number of rotatable bonds is 18. The van der Waals surface area contributed by atoms with Crippen LogP contribution in [0.5, 0.6) is 23.0 Å². The van der Waals surface area contributed by atoms with E-state index in [9.17, 15) is 9.59 Å². The van der Waals surface area contributed by atoms with Gasteiger partial charge in [-0.3, -0.25) is 14.8 Å². The molecule has 0 saturated heterocycles. The van der Waals surface area contributed by atoms with Gasteiger partial charge in [0.15, 0.2) is 34.6 Å². The van der Waals surface area contributed by atoms with Crippen LogP contribution in [0, 0.1) is 0 Å². The highest BCUT2D eigenvalue weighted by Crippen LogP contribution is 2.38. The Morgan fingerprint density at radius 2 is 0.966 bits per heavy atom. The number of carbonyl (C=O) groups is 2. The molecule has 0 radical (unpaired) electrons. The number of anilines is 2. The maximum absolute atomic E-state index is 12.6. The second-order valence-corrected chi connectivity index (χ2v) is 18.5. The number of nitrogens with one attached hydrogen (secondary N) is 3. The van der Waals surface area contributed by atoms with E-state index in [4.69, 9.17) is 63.3 Å². The Hall–Kier alpha value is -11.2. The summed E-state index contributed by atoms with van der Waals surface area (Å²) in [6, 6.07) is 45.5. The van der Waals surface area contributed by atoms with Crippen molar-refractivity contribution in [1.29, 1.82) is 0 Å². The van der Waals surface area contributed by atoms with Gasteiger partial charge in [0.25, 0.3) is 0 Å². The van der Waals surface area contributed by atoms with Crippen molar-refractivity contribution in [2.45, 2.75) is 13.8 Å². The van der Waals surface area contributed by atoms with Crippen LogP contribution in [0.3, 0.4) is 0 Å². The van der Waals surface area contributed by atoms with Crippen molar-refractivity contribution in [1.82, 2.24) is 55.6 Å². The van der Waals surface area contributed by atoms with Crippen molar-refractivity contribution >= 4 is 67.1 Å². The third kappa shape index (κ3) is 14.6. The van der Waals surface area contributed by atoms with E-state index < -0.39 is 11.9 Å². The molecule has 0 aliphatic rings. The first-order valence-electron chi connectivity index (χ1n) is 27.7. The minimum Gasteiger partial charge on any atom is -0.493 e. The Bertz CT molecular complexity index is 4300. The largest absolute Gasteiger partial charge is 0.493 e. The summed E-state index contributed by atoms with van der Waals surface area (Å²) < 4.78 is 37.4. The van der Waals surface area contributed by atoms with Gasteiger partial charge in [0.2, 0.25) is 11.8 Å². The predicted octanol–water partition coefficient (Wildman–Crippen LogP) is 9.90. The average molecular weight is 1190 g/mol. The molecule has 88 heavy (non-hydrogen) atoms. The summed E-state index contributed by atoms with van der Waals surface area (Å²) in [7, 11) is 6.36. The quantitative estimate of drug-likeness (QED) is 0.0394. The summed E-state index contributed by atoms with van der Waals surface area (Å²) in [4.78, 5) is 52.2. The molecule has 0 unspecified atom stereocenters.